The average molecular weight is 307 g/mol. The Kier molecular flexibility index (Phi) is 4.47. The monoisotopic (exact) mass is 307 g/mol. The van der Waals surface area contributed by atoms with Gasteiger partial charge >= 0.3 is 17.1 Å². The number of anilines is 1. The lowest BCUT2D eigenvalue weighted by Gasteiger charge is -2.16. The van der Waals surface area contributed by atoms with Gasteiger partial charge in [0.15, 0.2) is 6.23 Å². The molecule has 1 saturated heterocycles. The molecule has 0 saturated carbocycles. The molecular formula is C9H13N3O7S. The first-order chi connectivity index (χ1) is 9.40. The Morgan fingerprint density at radius 3 is 2.80 bits per heavy atom. The SMILES string of the molecule is Nc1ccn([C@@H]2O[C@H](COS(=O)O)[C@@H](O)[C@H]2O)c(=O)n1. The lowest BCUT2D eigenvalue weighted by Crippen LogP contribution is -2.36. The Balaban J connectivity index is 2.17. The molecule has 0 bridgehead atoms. The Hall–Kier alpha value is -1.37. The number of nitrogens with two attached hydrogens (primary N) is 1. The molecule has 1 aromatic heterocycles. The normalized spacial score (nSPS) is 31.4. The highest BCUT2D eigenvalue weighted by atomic mass is 32.2. The van der Waals surface area contributed by atoms with Gasteiger partial charge in [-0.3, -0.25) is 13.3 Å². The van der Waals surface area contributed by atoms with Crippen LogP contribution in [0.2, 0.25) is 0 Å². The maximum absolute atomic E-state index is 11.6. The standard InChI is InChI=1S/C9H13N3O7S/c10-5-1-2-12(9(15)11-5)8-7(14)6(13)4(19-8)3-18-20(16)17/h1-2,4,6-8,13-14H,3H2,(H,16,17)(H2,10,11,15)/t4-,6-,7-,8-/m1/s1. The number of ether oxygens (including phenoxy) is 1. The minimum Gasteiger partial charge on any atom is -0.387 e. The fourth-order valence-corrected chi connectivity index (χ4v) is 2.09. The number of rotatable bonds is 4. The first-order valence-electron chi connectivity index (χ1n) is 5.50. The quantitative estimate of drug-likeness (QED) is 0.445. The molecule has 112 valence electrons. The molecule has 1 aromatic rings. The van der Waals surface area contributed by atoms with E-state index < -0.39 is 48.2 Å². The van der Waals surface area contributed by atoms with Crippen LogP contribution in [0, 0.1) is 0 Å². The van der Waals surface area contributed by atoms with Crippen LogP contribution in [-0.4, -0.2) is 53.4 Å². The molecule has 0 aromatic carbocycles. The van der Waals surface area contributed by atoms with Crippen LogP contribution in [0.3, 0.4) is 0 Å². The predicted octanol–water partition coefficient (Wildman–Crippen LogP) is -2.40. The summed E-state index contributed by atoms with van der Waals surface area (Å²) in [5, 5.41) is 19.6. The van der Waals surface area contributed by atoms with Gasteiger partial charge < -0.3 is 20.7 Å². The van der Waals surface area contributed by atoms with Gasteiger partial charge in [0.1, 0.15) is 24.1 Å². The molecule has 0 amide bonds. The fourth-order valence-electron chi connectivity index (χ4n) is 1.84. The van der Waals surface area contributed by atoms with Crippen molar-refractivity contribution in [3.63, 3.8) is 0 Å². The third kappa shape index (κ3) is 3.03. The zero-order valence-corrected chi connectivity index (χ0v) is 10.8. The molecule has 0 spiro atoms. The maximum Gasteiger partial charge on any atom is 0.351 e. The molecule has 11 heteroatoms. The molecule has 1 fully saturated rings. The van der Waals surface area contributed by atoms with Gasteiger partial charge in [-0.2, -0.15) is 9.19 Å². The van der Waals surface area contributed by atoms with Crippen LogP contribution in [0.15, 0.2) is 17.1 Å². The van der Waals surface area contributed by atoms with E-state index in [0.29, 0.717) is 0 Å². The van der Waals surface area contributed by atoms with E-state index in [1.807, 2.05) is 0 Å². The van der Waals surface area contributed by atoms with Gasteiger partial charge in [0.05, 0.1) is 6.61 Å². The summed E-state index contributed by atoms with van der Waals surface area (Å²) >= 11 is -2.52. The minimum atomic E-state index is -2.52. The molecule has 5 atom stereocenters. The van der Waals surface area contributed by atoms with Gasteiger partial charge in [0.25, 0.3) is 0 Å². The van der Waals surface area contributed by atoms with Crippen LogP contribution in [0.5, 0.6) is 0 Å². The molecule has 1 aliphatic heterocycles. The van der Waals surface area contributed by atoms with Crippen molar-refractivity contribution in [1.29, 1.82) is 0 Å². The Bertz CT molecular complexity index is 565. The molecule has 2 heterocycles. The number of aliphatic hydroxyl groups excluding tert-OH is 2. The summed E-state index contributed by atoms with van der Waals surface area (Å²) in [6.45, 7) is -0.422. The van der Waals surface area contributed by atoms with Crippen molar-refractivity contribution in [2.45, 2.75) is 24.5 Å². The van der Waals surface area contributed by atoms with Gasteiger partial charge in [-0.15, -0.1) is 0 Å². The van der Waals surface area contributed by atoms with Gasteiger partial charge in [-0.1, -0.05) is 0 Å². The number of aromatic nitrogens is 2. The summed E-state index contributed by atoms with van der Waals surface area (Å²) < 4.78 is 29.5. The molecule has 2 rings (SSSR count). The van der Waals surface area contributed by atoms with Gasteiger partial charge in [0, 0.05) is 6.20 Å². The number of nitrogen functional groups attached to an aromatic ring is 1. The summed E-state index contributed by atoms with van der Waals surface area (Å²) in [4.78, 5) is 15.1. The van der Waals surface area contributed by atoms with Crippen molar-refractivity contribution < 1.29 is 27.9 Å². The fraction of sp³-hybridized carbons (Fsp3) is 0.556. The van der Waals surface area contributed by atoms with Crippen molar-refractivity contribution >= 4 is 17.2 Å². The molecule has 5 N–H and O–H groups in total. The molecule has 1 unspecified atom stereocenters. The van der Waals surface area contributed by atoms with Crippen LogP contribution >= 0.6 is 0 Å². The molecular weight excluding hydrogens is 294 g/mol. The van der Waals surface area contributed by atoms with E-state index in [4.69, 9.17) is 15.0 Å². The van der Waals surface area contributed by atoms with Crippen LogP contribution in [0.25, 0.3) is 0 Å². The van der Waals surface area contributed by atoms with Crippen molar-refractivity contribution in [1.82, 2.24) is 9.55 Å². The summed E-state index contributed by atoms with van der Waals surface area (Å²) in [5.74, 6) is 0.00912. The first kappa shape index (κ1) is 15.0. The van der Waals surface area contributed by atoms with E-state index >= 15 is 0 Å². The molecule has 1 aliphatic rings. The summed E-state index contributed by atoms with van der Waals surface area (Å²) in [5.41, 5.74) is 4.58. The topological polar surface area (TPSA) is 157 Å². The molecule has 0 aliphatic carbocycles. The number of hydrogen-bond donors (Lipinski definition) is 4. The zero-order valence-electron chi connectivity index (χ0n) is 10.0. The molecule has 0 radical (unpaired) electrons. The van der Waals surface area contributed by atoms with Crippen molar-refractivity contribution in [2.24, 2.45) is 0 Å². The lowest BCUT2D eigenvalue weighted by molar-refractivity contribution is -0.0509. The first-order valence-corrected chi connectivity index (χ1v) is 6.53. The largest absolute Gasteiger partial charge is 0.387 e. The highest BCUT2D eigenvalue weighted by Crippen LogP contribution is 2.28. The van der Waals surface area contributed by atoms with E-state index in [9.17, 15) is 19.2 Å². The van der Waals surface area contributed by atoms with E-state index in [1.54, 1.807) is 0 Å². The highest BCUT2D eigenvalue weighted by molar-refractivity contribution is 7.74. The van der Waals surface area contributed by atoms with Gasteiger partial charge in [-0.05, 0) is 6.07 Å². The van der Waals surface area contributed by atoms with E-state index in [1.165, 1.54) is 12.3 Å². The average Bonchev–Trinajstić information content (AvgIpc) is 2.64. The van der Waals surface area contributed by atoms with Crippen LogP contribution < -0.4 is 11.4 Å². The van der Waals surface area contributed by atoms with Crippen LogP contribution in [-0.2, 0) is 20.3 Å². The van der Waals surface area contributed by atoms with E-state index in [-0.39, 0.29) is 5.82 Å². The van der Waals surface area contributed by atoms with Gasteiger partial charge in [-0.25, -0.2) is 4.79 Å². The third-order valence-electron chi connectivity index (χ3n) is 2.80. The van der Waals surface area contributed by atoms with E-state index in [2.05, 4.69) is 9.17 Å². The van der Waals surface area contributed by atoms with E-state index in [0.717, 1.165) is 4.57 Å². The van der Waals surface area contributed by atoms with Crippen molar-refractivity contribution in [3.8, 4) is 0 Å². The number of nitrogens with zero attached hydrogens (tertiary/aromatic N) is 2. The zero-order chi connectivity index (χ0) is 14.9. The Morgan fingerprint density at radius 2 is 2.20 bits per heavy atom. The highest BCUT2D eigenvalue weighted by Gasteiger charge is 2.44. The molecule has 20 heavy (non-hydrogen) atoms. The number of hydrogen-bond acceptors (Lipinski definition) is 8. The van der Waals surface area contributed by atoms with Crippen molar-refractivity contribution in [3.05, 3.63) is 22.7 Å². The number of aliphatic hydroxyl groups is 2. The summed E-state index contributed by atoms with van der Waals surface area (Å²) in [7, 11) is 0. The minimum absolute atomic E-state index is 0.00912. The Labute approximate surface area is 115 Å². The van der Waals surface area contributed by atoms with Crippen molar-refractivity contribution in [2.75, 3.05) is 12.3 Å². The third-order valence-corrected chi connectivity index (χ3v) is 3.13. The lowest BCUT2D eigenvalue weighted by atomic mass is 10.1. The second-order valence-corrected chi connectivity index (χ2v) is 4.76. The summed E-state index contributed by atoms with van der Waals surface area (Å²) in [6, 6.07) is 1.33. The predicted molar refractivity (Wildman–Crippen MR) is 65.6 cm³/mol. The second kappa shape index (κ2) is 5.95. The van der Waals surface area contributed by atoms with Crippen LogP contribution in [0.4, 0.5) is 5.82 Å². The summed E-state index contributed by atoms with van der Waals surface area (Å²) in [6.07, 6.45) is -3.78. The maximum atomic E-state index is 11.6. The Morgan fingerprint density at radius 1 is 1.50 bits per heavy atom. The van der Waals surface area contributed by atoms with Gasteiger partial charge in [0.2, 0.25) is 0 Å². The smallest absolute Gasteiger partial charge is 0.351 e. The van der Waals surface area contributed by atoms with Crippen LogP contribution in [0.1, 0.15) is 6.23 Å². The second-order valence-electron chi connectivity index (χ2n) is 4.09. The molecule has 10 nitrogen and oxygen atoms in total.